The summed E-state index contributed by atoms with van der Waals surface area (Å²) in [7, 11) is 0. The summed E-state index contributed by atoms with van der Waals surface area (Å²) in [5.41, 5.74) is 0.450. The monoisotopic (exact) mass is 470 g/mol. The van der Waals surface area contributed by atoms with Crippen molar-refractivity contribution in [2.24, 2.45) is 5.92 Å². The summed E-state index contributed by atoms with van der Waals surface area (Å²) in [6.45, 7) is 7.43. The van der Waals surface area contributed by atoms with Crippen molar-refractivity contribution in [3.63, 3.8) is 0 Å². The number of rotatable bonds is 11. The van der Waals surface area contributed by atoms with Gasteiger partial charge in [0.2, 0.25) is 0 Å². The lowest BCUT2D eigenvalue weighted by molar-refractivity contribution is -0.0580. The van der Waals surface area contributed by atoms with E-state index in [1.54, 1.807) is 0 Å². The molecule has 0 heterocycles. The van der Waals surface area contributed by atoms with E-state index in [1.807, 2.05) is 74.5 Å². The maximum Gasteiger partial charge on any atom is 0.418 e. The number of ether oxygens (including phenoxy) is 1. The Bertz CT molecular complexity index is 881. The molecule has 0 saturated heterocycles. The van der Waals surface area contributed by atoms with Crippen LogP contribution in [0.5, 0.6) is 0 Å². The Morgan fingerprint density at radius 3 is 2.03 bits per heavy atom. The zero-order valence-corrected chi connectivity index (χ0v) is 20.7. The molecule has 0 aromatic heterocycles. The molecule has 2 aromatic carbocycles. The standard InChI is InChI=1S/C27H38N2O5/c1-21(2)15-18-29(26(32)34-20-23-13-9-6-10-14-23)25(31)28(19-24(30)27(3,4)33)17-16-22-11-7-5-8-12-22/h5-14,21,24,30,33H,15-20H2,1-4H3. The van der Waals surface area contributed by atoms with Gasteiger partial charge in [0.15, 0.2) is 0 Å². The summed E-state index contributed by atoms with van der Waals surface area (Å²) < 4.78 is 5.46. The van der Waals surface area contributed by atoms with E-state index in [4.69, 9.17) is 4.74 Å². The Balaban J connectivity index is 2.20. The molecular formula is C27H38N2O5. The highest BCUT2D eigenvalue weighted by molar-refractivity contribution is 5.91. The molecule has 0 aliphatic rings. The van der Waals surface area contributed by atoms with Crippen molar-refractivity contribution in [2.45, 2.75) is 58.8 Å². The SMILES string of the molecule is CC(C)CCN(C(=O)OCc1ccccc1)C(=O)N(CCc1ccccc1)CC(O)C(C)(C)O. The highest BCUT2D eigenvalue weighted by Crippen LogP contribution is 2.15. The fourth-order valence-corrected chi connectivity index (χ4v) is 3.23. The molecule has 3 amide bonds. The largest absolute Gasteiger partial charge is 0.444 e. The van der Waals surface area contributed by atoms with Crippen LogP contribution in [0.1, 0.15) is 45.2 Å². The third kappa shape index (κ3) is 9.15. The van der Waals surface area contributed by atoms with Crippen molar-refractivity contribution in [1.82, 2.24) is 9.80 Å². The van der Waals surface area contributed by atoms with Gasteiger partial charge in [-0.25, -0.2) is 14.5 Å². The van der Waals surface area contributed by atoms with Crippen molar-refractivity contribution in [2.75, 3.05) is 19.6 Å². The number of aliphatic hydroxyl groups is 2. The first kappa shape index (κ1) is 27.3. The van der Waals surface area contributed by atoms with Crippen LogP contribution in [0.2, 0.25) is 0 Å². The van der Waals surface area contributed by atoms with Crippen LogP contribution in [-0.2, 0) is 17.8 Å². The summed E-state index contributed by atoms with van der Waals surface area (Å²) in [6.07, 6.45) is -0.744. The second-order valence-electron chi connectivity index (χ2n) is 9.51. The Labute approximate surface area is 203 Å². The van der Waals surface area contributed by atoms with Gasteiger partial charge in [-0.05, 0) is 43.7 Å². The minimum absolute atomic E-state index is 0.0570. The Hall–Kier alpha value is -2.90. The first-order chi connectivity index (χ1) is 16.1. The van der Waals surface area contributed by atoms with E-state index in [1.165, 1.54) is 18.7 Å². The van der Waals surface area contributed by atoms with E-state index in [2.05, 4.69) is 0 Å². The molecule has 0 spiro atoms. The molecule has 0 radical (unpaired) electrons. The van der Waals surface area contributed by atoms with Crippen molar-refractivity contribution in [3.05, 3.63) is 71.8 Å². The predicted molar refractivity (Wildman–Crippen MR) is 132 cm³/mol. The Kier molecular flexibility index (Phi) is 10.5. The van der Waals surface area contributed by atoms with Gasteiger partial charge in [0, 0.05) is 13.1 Å². The van der Waals surface area contributed by atoms with Crippen LogP contribution in [0.3, 0.4) is 0 Å². The maximum absolute atomic E-state index is 13.6. The third-order valence-electron chi connectivity index (χ3n) is 5.58. The average molecular weight is 471 g/mol. The molecule has 0 aliphatic heterocycles. The zero-order chi connectivity index (χ0) is 25.1. The van der Waals surface area contributed by atoms with Crippen LogP contribution in [0, 0.1) is 5.92 Å². The number of aliphatic hydroxyl groups excluding tert-OH is 1. The van der Waals surface area contributed by atoms with E-state index in [0.717, 1.165) is 16.0 Å². The Morgan fingerprint density at radius 2 is 1.50 bits per heavy atom. The zero-order valence-electron chi connectivity index (χ0n) is 20.7. The fraction of sp³-hybridized carbons (Fsp3) is 0.481. The summed E-state index contributed by atoms with van der Waals surface area (Å²) in [5.74, 6) is 0.275. The van der Waals surface area contributed by atoms with Crippen LogP contribution in [0.4, 0.5) is 9.59 Å². The van der Waals surface area contributed by atoms with Crippen LogP contribution in [0.25, 0.3) is 0 Å². The topological polar surface area (TPSA) is 90.3 Å². The number of benzene rings is 2. The lowest BCUT2D eigenvalue weighted by atomic mass is 10.0. The summed E-state index contributed by atoms with van der Waals surface area (Å²) in [5, 5.41) is 20.8. The first-order valence-electron chi connectivity index (χ1n) is 11.8. The van der Waals surface area contributed by atoms with Gasteiger partial charge < -0.3 is 19.8 Å². The summed E-state index contributed by atoms with van der Waals surface area (Å²) in [4.78, 5) is 29.0. The second-order valence-corrected chi connectivity index (χ2v) is 9.51. The van der Waals surface area contributed by atoms with Gasteiger partial charge in [0.1, 0.15) is 6.61 Å². The molecule has 1 unspecified atom stereocenters. The third-order valence-corrected chi connectivity index (χ3v) is 5.58. The first-order valence-corrected chi connectivity index (χ1v) is 11.8. The molecule has 0 fully saturated rings. The minimum atomic E-state index is -1.40. The van der Waals surface area contributed by atoms with Crippen molar-refractivity contribution >= 4 is 12.1 Å². The summed E-state index contributed by atoms with van der Waals surface area (Å²) in [6, 6.07) is 18.4. The lowest BCUT2D eigenvalue weighted by Gasteiger charge is -2.34. The van der Waals surface area contributed by atoms with E-state index < -0.39 is 23.8 Å². The molecule has 186 valence electrons. The smallest absolute Gasteiger partial charge is 0.418 e. The highest BCUT2D eigenvalue weighted by atomic mass is 16.6. The molecule has 0 aliphatic carbocycles. The number of imide groups is 1. The van der Waals surface area contributed by atoms with Crippen molar-refractivity contribution in [3.8, 4) is 0 Å². The molecule has 0 saturated carbocycles. The lowest BCUT2D eigenvalue weighted by Crippen LogP contribution is -2.53. The van der Waals surface area contributed by atoms with Crippen LogP contribution < -0.4 is 0 Å². The fourth-order valence-electron chi connectivity index (χ4n) is 3.23. The molecule has 1 atom stereocenters. The number of amides is 3. The predicted octanol–water partition coefficient (Wildman–Crippen LogP) is 4.47. The number of nitrogens with zero attached hydrogens (tertiary/aromatic N) is 2. The average Bonchev–Trinajstić information content (AvgIpc) is 2.80. The van der Waals surface area contributed by atoms with Crippen molar-refractivity contribution < 1.29 is 24.5 Å². The molecule has 7 nitrogen and oxygen atoms in total. The van der Waals surface area contributed by atoms with Gasteiger partial charge in [0.25, 0.3) is 0 Å². The van der Waals surface area contributed by atoms with Gasteiger partial charge in [-0.2, -0.15) is 0 Å². The van der Waals surface area contributed by atoms with E-state index in [-0.39, 0.29) is 32.2 Å². The molecule has 2 rings (SSSR count). The van der Waals surface area contributed by atoms with E-state index in [9.17, 15) is 19.8 Å². The van der Waals surface area contributed by atoms with Crippen LogP contribution in [-0.4, -0.2) is 63.5 Å². The number of hydrogen-bond acceptors (Lipinski definition) is 5. The van der Waals surface area contributed by atoms with Gasteiger partial charge in [-0.3, -0.25) is 0 Å². The van der Waals surface area contributed by atoms with E-state index >= 15 is 0 Å². The van der Waals surface area contributed by atoms with Crippen LogP contribution in [0.15, 0.2) is 60.7 Å². The second kappa shape index (κ2) is 13.1. The van der Waals surface area contributed by atoms with Gasteiger partial charge in [-0.15, -0.1) is 0 Å². The molecular weight excluding hydrogens is 432 g/mol. The quantitative estimate of drug-likeness (QED) is 0.506. The van der Waals surface area contributed by atoms with E-state index in [0.29, 0.717) is 12.8 Å². The summed E-state index contributed by atoms with van der Waals surface area (Å²) >= 11 is 0. The molecule has 2 aromatic rings. The molecule has 34 heavy (non-hydrogen) atoms. The molecule has 2 N–H and O–H groups in total. The van der Waals surface area contributed by atoms with Gasteiger partial charge in [-0.1, -0.05) is 74.5 Å². The normalized spacial score (nSPS) is 12.3. The number of hydrogen-bond donors (Lipinski definition) is 2. The number of urea groups is 1. The van der Waals surface area contributed by atoms with Gasteiger partial charge >= 0.3 is 12.1 Å². The molecule has 7 heteroatoms. The number of carbonyl (C=O) groups is 2. The number of carbonyl (C=O) groups excluding carboxylic acids is 2. The molecule has 0 bridgehead atoms. The van der Waals surface area contributed by atoms with Gasteiger partial charge in [0.05, 0.1) is 18.2 Å². The van der Waals surface area contributed by atoms with Crippen molar-refractivity contribution in [1.29, 1.82) is 0 Å². The van der Waals surface area contributed by atoms with Crippen LogP contribution >= 0.6 is 0 Å². The highest BCUT2D eigenvalue weighted by Gasteiger charge is 2.33. The minimum Gasteiger partial charge on any atom is -0.444 e. The maximum atomic E-state index is 13.6. The Morgan fingerprint density at radius 1 is 0.941 bits per heavy atom.